The van der Waals surface area contributed by atoms with Gasteiger partial charge in [0.05, 0.1) is 0 Å². The maximum absolute atomic E-state index is 11.5. The fourth-order valence-electron chi connectivity index (χ4n) is 2.78. The minimum Gasteiger partial charge on any atom is -0.349 e. The minimum atomic E-state index is 0.243. The van der Waals surface area contributed by atoms with Crippen LogP contribution >= 0.6 is 0 Å². The molecule has 1 N–H and O–H groups in total. The molecule has 1 saturated heterocycles. The second-order valence-electron chi connectivity index (χ2n) is 5.54. The average Bonchev–Trinajstić information content (AvgIpc) is 2.38. The number of piperidine rings is 1. The normalized spacial score (nSPS) is 25.1. The molecule has 1 amide bonds. The standard InChI is InChI=1S/C14H29N3O/c1-5-12-11-17(10-8-13(12)15-2)9-6-7-14(18)16(3)4/h12-13,15H,5-11H2,1-4H3. The summed E-state index contributed by atoms with van der Waals surface area (Å²) in [6, 6.07) is 0.676. The lowest BCUT2D eigenvalue weighted by Crippen LogP contribution is -2.48. The first-order chi connectivity index (χ1) is 8.58. The van der Waals surface area contributed by atoms with Crippen LogP contribution in [0.3, 0.4) is 0 Å². The molecule has 0 saturated carbocycles. The number of rotatable bonds is 6. The van der Waals surface area contributed by atoms with Gasteiger partial charge in [0.2, 0.25) is 5.91 Å². The molecule has 0 radical (unpaired) electrons. The Hall–Kier alpha value is -0.610. The SMILES string of the molecule is CCC1CN(CCCC(=O)N(C)C)CCC1NC. The van der Waals surface area contributed by atoms with Crippen LogP contribution in [-0.4, -0.2) is 62.5 Å². The number of hydrogen-bond donors (Lipinski definition) is 1. The molecule has 0 aromatic carbocycles. The Labute approximate surface area is 112 Å². The molecule has 4 nitrogen and oxygen atoms in total. The molecular weight excluding hydrogens is 226 g/mol. The van der Waals surface area contributed by atoms with Gasteiger partial charge in [-0.25, -0.2) is 0 Å². The van der Waals surface area contributed by atoms with Gasteiger partial charge in [0.25, 0.3) is 0 Å². The quantitative estimate of drug-likeness (QED) is 0.774. The van der Waals surface area contributed by atoms with Gasteiger partial charge in [-0.05, 0) is 38.9 Å². The Morgan fingerprint density at radius 3 is 2.72 bits per heavy atom. The first kappa shape index (κ1) is 15.4. The molecular formula is C14H29N3O. The molecule has 2 atom stereocenters. The molecule has 1 heterocycles. The number of carbonyl (C=O) groups is 1. The number of nitrogens with one attached hydrogen (secondary N) is 1. The Morgan fingerprint density at radius 2 is 2.17 bits per heavy atom. The Morgan fingerprint density at radius 1 is 1.44 bits per heavy atom. The molecule has 0 bridgehead atoms. The summed E-state index contributed by atoms with van der Waals surface area (Å²) < 4.78 is 0. The zero-order valence-corrected chi connectivity index (χ0v) is 12.4. The van der Waals surface area contributed by atoms with Gasteiger partial charge in [-0.2, -0.15) is 0 Å². The van der Waals surface area contributed by atoms with E-state index in [1.807, 2.05) is 14.1 Å². The van der Waals surface area contributed by atoms with Crippen molar-refractivity contribution in [2.45, 2.75) is 38.6 Å². The summed E-state index contributed by atoms with van der Waals surface area (Å²) in [5.41, 5.74) is 0. The van der Waals surface area contributed by atoms with Gasteiger partial charge in [0.15, 0.2) is 0 Å². The summed E-state index contributed by atoms with van der Waals surface area (Å²) in [5, 5.41) is 3.43. The van der Waals surface area contributed by atoms with Crippen LogP contribution in [0.2, 0.25) is 0 Å². The van der Waals surface area contributed by atoms with Crippen molar-refractivity contribution in [3.8, 4) is 0 Å². The third kappa shape index (κ3) is 4.58. The van der Waals surface area contributed by atoms with E-state index < -0.39 is 0 Å². The molecule has 0 spiro atoms. The second kappa shape index (κ2) is 7.74. The number of likely N-dealkylation sites (tertiary alicyclic amines) is 1. The van der Waals surface area contributed by atoms with Crippen molar-refractivity contribution in [1.29, 1.82) is 0 Å². The van der Waals surface area contributed by atoms with Gasteiger partial charge in [-0.1, -0.05) is 13.3 Å². The number of hydrogen-bond acceptors (Lipinski definition) is 3. The summed E-state index contributed by atoms with van der Waals surface area (Å²) >= 11 is 0. The van der Waals surface area contributed by atoms with E-state index in [9.17, 15) is 4.79 Å². The largest absolute Gasteiger partial charge is 0.349 e. The molecule has 2 unspecified atom stereocenters. The van der Waals surface area contributed by atoms with Crippen LogP contribution in [0.5, 0.6) is 0 Å². The van der Waals surface area contributed by atoms with Crippen molar-refractivity contribution in [2.24, 2.45) is 5.92 Å². The van der Waals surface area contributed by atoms with Crippen LogP contribution in [0, 0.1) is 5.92 Å². The fraction of sp³-hybridized carbons (Fsp3) is 0.929. The third-order valence-electron chi connectivity index (χ3n) is 4.08. The smallest absolute Gasteiger partial charge is 0.222 e. The van der Waals surface area contributed by atoms with Crippen LogP contribution in [-0.2, 0) is 4.79 Å². The molecule has 1 fully saturated rings. The predicted octanol–water partition coefficient (Wildman–Crippen LogP) is 1.17. The van der Waals surface area contributed by atoms with Crippen LogP contribution < -0.4 is 5.32 Å². The van der Waals surface area contributed by atoms with Crippen molar-refractivity contribution in [2.75, 3.05) is 40.8 Å². The van der Waals surface area contributed by atoms with E-state index in [-0.39, 0.29) is 5.91 Å². The van der Waals surface area contributed by atoms with Crippen molar-refractivity contribution in [1.82, 2.24) is 15.1 Å². The molecule has 0 aliphatic carbocycles. The molecule has 0 aromatic heterocycles. The van der Waals surface area contributed by atoms with Crippen LogP contribution in [0.15, 0.2) is 0 Å². The van der Waals surface area contributed by atoms with Gasteiger partial charge in [-0.3, -0.25) is 4.79 Å². The Kier molecular flexibility index (Phi) is 6.65. The van der Waals surface area contributed by atoms with Gasteiger partial charge < -0.3 is 15.1 Å². The van der Waals surface area contributed by atoms with Crippen molar-refractivity contribution in [3.63, 3.8) is 0 Å². The van der Waals surface area contributed by atoms with Gasteiger partial charge in [0.1, 0.15) is 0 Å². The van der Waals surface area contributed by atoms with E-state index in [1.165, 1.54) is 19.4 Å². The molecule has 106 valence electrons. The van der Waals surface area contributed by atoms with Crippen LogP contribution in [0.25, 0.3) is 0 Å². The molecule has 0 aromatic rings. The molecule has 18 heavy (non-hydrogen) atoms. The lowest BCUT2D eigenvalue weighted by atomic mass is 9.90. The number of nitrogens with zero attached hydrogens (tertiary/aromatic N) is 2. The van der Waals surface area contributed by atoms with E-state index in [0.717, 1.165) is 25.4 Å². The van der Waals surface area contributed by atoms with Gasteiger partial charge in [-0.15, -0.1) is 0 Å². The highest BCUT2D eigenvalue weighted by atomic mass is 16.2. The highest BCUT2D eigenvalue weighted by Gasteiger charge is 2.26. The summed E-state index contributed by atoms with van der Waals surface area (Å²) in [4.78, 5) is 15.7. The number of carbonyl (C=O) groups excluding carboxylic acids is 1. The van der Waals surface area contributed by atoms with E-state index in [1.54, 1.807) is 4.90 Å². The summed E-state index contributed by atoms with van der Waals surface area (Å²) in [7, 11) is 5.72. The molecule has 4 heteroatoms. The third-order valence-corrected chi connectivity index (χ3v) is 4.08. The van der Waals surface area contributed by atoms with E-state index in [2.05, 4.69) is 24.2 Å². The summed E-state index contributed by atoms with van der Waals surface area (Å²) in [6.07, 6.45) is 4.13. The highest BCUT2D eigenvalue weighted by molar-refractivity contribution is 5.75. The average molecular weight is 255 g/mol. The molecule has 1 aliphatic rings. The van der Waals surface area contributed by atoms with Gasteiger partial charge >= 0.3 is 0 Å². The van der Waals surface area contributed by atoms with Crippen molar-refractivity contribution >= 4 is 5.91 Å². The van der Waals surface area contributed by atoms with Crippen molar-refractivity contribution in [3.05, 3.63) is 0 Å². The monoisotopic (exact) mass is 255 g/mol. The molecule has 1 rings (SSSR count). The first-order valence-corrected chi connectivity index (χ1v) is 7.18. The maximum Gasteiger partial charge on any atom is 0.222 e. The highest BCUT2D eigenvalue weighted by Crippen LogP contribution is 2.20. The summed E-state index contributed by atoms with van der Waals surface area (Å²) in [5.74, 6) is 1.00. The number of amides is 1. The lowest BCUT2D eigenvalue weighted by Gasteiger charge is -2.38. The zero-order chi connectivity index (χ0) is 13.5. The van der Waals surface area contributed by atoms with E-state index >= 15 is 0 Å². The minimum absolute atomic E-state index is 0.243. The predicted molar refractivity (Wildman–Crippen MR) is 75.6 cm³/mol. The van der Waals surface area contributed by atoms with Crippen LogP contribution in [0.1, 0.15) is 32.6 Å². The van der Waals surface area contributed by atoms with E-state index in [4.69, 9.17) is 0 Å². The van der Waals surface area contributed by atoms with E-state index in [0.29, 0.717) is 12.5 Å². The topological polar surface area (TPSA) is 35.6 Å². The van der Waals surface area contributed by atoms with Gasteiger partial charge in [0, 0.05) is 33.1 Å². The first-order valence-electron chi connectivity index (χ1n) is 7.18. The Bertz CT molecular complexity index is 255. The van der Waals surface area contributed by atoms with Crippen molar-refractivity contribution < 1.29 is 4.79 Å². The lowest BCUT2D eigenvalue weighted by molar-refractivity contribution is -0.128. The van der Waals surface area contributed by atoms with Crippen LogP contribution in [0.4, 0.5) is 0 Å². The fourth-order valence-corrected chi connectivity index (χ4v) is 2.78. The molecule has 1 aliphatic heterocycles. The zero-order valence-electron chi connectivity index (χ0n) is 12.4. The Balaban J connectivity index is 2.26. The maximum atomic E-state index is 11.5. The summed E-state index contributed by atoms with van der Waals surface area (Å²) in [6.45, 7) is 5.68. The second-order valence-corrected chi connectivity index (χ2v) is 5.54.